The second-order valence-corrected chi connectivity index (χ2v) is 8.52. The molecule has 0 radical (unpaired) electrons. The van der Waals surface area contributed by atoms with Crippen molar-refractivity contribution in [2.75, 3.05) is 19.8 Å². The normalized spacial score (nSPS) is 22.7. The highest BCUT2D eigenvalue weighted by Gasteiger charge is 2.65. The smallest absolute Gasteiger partial charge is 0.343 e. The fourth-order valence-electron chi connectivity index (χ4n) is 4.54. The lowest BCUT2D eigenvalue weighted by Gasteiger charge is -2.36. The Balaban J connectivity index is 1.72. The topological polar surface area (TPSA) is 27.7 Å². The fourth-order valence-corrected chi connectivity index (χ4v) is 4.54. The summed E-state index contributed by atoms with van der Waals surface area (Å²) in [6.07, 6.45) is 1.60. The van der Waals surface area contributed by atoms with E-state index in [0.717, 1.165) is 31.0 Å². The zero-order valence-electron chi connectivity index (χ0n) is 18.9. The van der Waals surface area contributed by atoms with Gasteiger partial charge < -0.3 is 14.2 Å². The van der Waals surface area contributed by atoms with Gasteiger partial charge >= 0.3 is 11.8 Å². The predicted molar refractivity (Wildman–Crippen MR) is 113 cm³/mol. The molecule has 3 nitrogen and oxygen atoms in total. The predicted octanol–water partition coefficient (Wildman–Crippen LogP) is 7.26. The van der Waals surface area contributed by atoms with E-state index in [9.17, 15) is 4.39 Å². The van der Waals surface area contributed by atoms with Crippen molar-refractivity contribution in [1.29, 1.82) is 0 Å². The first-order valence-corrected chi connectivity index (χ1v) is 11.4. The molecule has 0 saturated carbocycles. The molecule has 1 heterocycles. The van der Waals surface area contributed by atoms with E-state index in [1.165, 1.54) is 13.0 Å². The van der Waals surface area contributed by atoms with E-state index < -0.39 is 57.6 Å². The van der Waals surface area contributed by atoms with Gasteiger partial charge in [-0.25, -0.2) is 8.78 Å². The van der Waals surface area contributed by atoms with Crippen molar-refractivity contribution < 1.29 is 40.6 Å². The van der Waals surface area contributed by atoms with Crippen LogP contribution in [0.3, 0.4) is 0 Å². The molecule has 0 aromatic heterocycles. The van der Waals surface area contributed by atoms with Gasteiger partial charge in [0.05, 0.1) is 36.5 Å². The molecule has 186 valence electrons. The highest BCUT2D eigenvalue weighted by molar-refractivity contribution is 5.77. The number of fused-ring (bicyclic) bond motifs is 3. The second-order valence-electron chi connectivity index (χ2n) is 8.52. The summed E-state index contributed by atoms with van der Waals surface area (Å²) in [5, 5.41) is 0. The first-order chi connectivity index (χ1) is 16.1. The molecule has 1 aliphatic carbocycles. The Kier molecular flexibility index (Phi) is 6.88. The van der Waals surface area contributed by atoms with Crippen LogP contribution in [0.5, 0.6) is 5.75 Å². The summed E-state index contributed by atoms with van der Waals surface area (Å²) in [6.45, 7) is 4.19. The van der Waals surface area contributed by atoms with E-state index >= 15 is 22.0 Å². The van der Waals surface area contributed by atoms with E-state index in [1.807, 2.05) is 6.92 Å². The summed E-state index contributed by atoms with van der Waals surface area (Å²) in [5.41, 5.74) is -4.15. The molecule has 4 rings (SSSR count). The van der Waals surface area contributed by atoms with Crippen molar-refractivity contribution in [2.45, 2.75) is 63.6 Å². The number of hydrogen-bond donors (Lipinski definition) is 0. The van der Waals surface area contributed by atoms with Crippen LogP contribution < -0.4 is 4.74 Å². The summed E-state index contributed by atoms with van der Waals surface area (Å²) >= 11 is 0. The SMILES string of the molecule is CCCCOC1CCC(c2ccc3c(c2F)C(F)(F)C(F)(F)c2c-3ccc(OCC)c2F)OC1. The maximum Gasteiger partial charge on any atom is 0.343 e. The van der Waals surface area contributed by atoms with Crippen molar-refractivity contribution in [3.63, 3.8) is 0 Å². The second kappa shape index (κ2) is 9.41. The zero-order valence-corrected chi connectivity index (χ0v) is 18.9. The first kappa shape index (κ1) is 24.9. The maximum atomic E-state index is 15.5. The molecule has 9 heteroatoms. The van der Waals surface area contributed by atoms with Crippen LogP contribution in [-0.2, 0) is 21.3 Å². The molecular weight excluding hydrogens is 462 g/mol. The standard InChI is InChI=1S/C25H26F6O3/c1-3-5-12-33-14-6-10-18(34-13-14)17-8-7-15-16-9-11-19(32-4-2)23(27)21(16)25(30,31)24(28,29)20(15)22(17)26/h7-9,11,14,18H,3-6,10,12-13H2,1-2H3. The van der Waals surface area contributed by atoms with Crippen molar-refractivity contribution in [1.82, 2.24) is 0 Å². The molecule has 1 fully saturated rings. The summed E-state index contributed by atoms with van der Waals surface area (Å²) in [6, 6.07) is 4.51. The monoisotopic (exact) mass is 488 g/mol. The van der Waals surface area contributed by atoms with Crippen LogP contribution in [0.4, 0.5) is 26.3 Å². The Bertz CT molecular complexity index is 1050. The van der Waals surface area contributed by atoms with Crippen molar-refractivity contribution in [2.24, 2.45) is 0 Å². The number of ether oxygens (including phenoxy) is 3. The van der Waals surface area contributed by atoms with Gasteiger partial charge in [-0.1, -0.05) is 25.5 Å². The molecule has 0 bridgehead atoms. The Hall–Kier alpha value is -2.26. The third kappa shape index (κ3) is 3.96. The number of rotatable bonds is 7. The van der Waals surface area contributed by atoms with Gasteiger partial charge in [-0.2, -0.15) is 17.6 Å². The summed E-state index contributed by atoms with van der Waals surface area (Å²) < 4.78 is 107. The molecule has 34 heavy (non-hydrogen) atoms. The van der Waals surface area contributed by atoms with E-state index in [0.29, 0.717) is 13.0 Å². The van der Waals surface area contributed by atoms with Crippen LogP contribution in [-0.4, -0.2) is 25.9 Å². The van der Waals surface area contributed by atoms with Crippen LogP contribution in [0.15, 0.2) is 24.3 Å². The van der Waals surface area contributed by atoms with E-state index in [-0.39, 0.29) is 31.3 Å². The lowest BCUT2D eigenvalue weighted by atomic mass is 9.78. The summed E-state index contributed by atoms with van der Waals surface area (Å²) in [5.74, 6) is -13.6. The molecule has 0 spiro atoms. The highest BCUT2D eigenvalue weighted by Crippen LogP contribution is 2.60. The van der Waals surface area contributed by atoms with Crippen LogP contribution in [0.2, 0.25) is 0 Å². The van der Waals surface area contributed by atoms with Gasteiger partial charge in [0.25, 0.3) is 0 Å². The average molecular weight is 488 g/mol. The van der Waals surface area contributed by atoms with Gasteiger partial charge in [0.15, 0.2) is 11.6 Å². The van der Waals surface area contributed by atoms with Gasteiger partial charge in [-0.15, -0.1) is 0 Å². The lowest BCUT2D eigenvalue weighted by Crippen LogP contribution is -2.41. The molecule has 2 atom stereocenters. The molecular formula is C25H26F6O3. The molecule has 2 aromatic rings. The Labute approximate surface area is 194 Å². The molecule has 0 amide bonds. The number of alkyl halides is 4. The van der Waals surface area contributed by atoms with Crippen LogP contribution in [0.25, 0.3) is 11.1 Å². The van der Waals surface area contributed by atoms with Crippen molar-refractivity contribution >= 4 is 0 Å². The molecule has 2 aliphatic rings. The minimum absolute atomic E-state index is 0.0435. The Morgan fingerprint density at radius 1 is 0.912 bits per heavy atom. The van der Waals surface area contributed by atoms with Gasteiger partial charge in [-0.05, 0) is 49.4 Å². The van der Waals surface area contributed by atoms with Crippen molar-refractivity contribution in [3.8, 4) is 16.9 Å². The van der Waals surface area contributed by atoms with Gasteiger partial charge in [-0.3, -0.25) is 0 Å². The van der Waals surface area contributed by atoms with Crippen LogP contribution in [0, 0.1) is 11.6 Å². The molecule has 0 N–H and O–H groups in total. The molecule has 1 saturated heterocycles. The minimum atomic E-state index is -4.99. The average Bonchev–Trinajstić information content (AvgIpc) is 2.80. The van der Waals surface area contributed by atoms with E-state index in [4.69, 9.17) is 14.2 Å². The molecule has 2 unspecified atom stereocenters. The third-order valence-corrected chi connectivity index (χ3v) is 6.32. The largest absolute Gasteiger partial charge is 0.491 e. The molecule has 1 aliphatic heterocycles. The number of benzene rings is 2. The maximum absolute atomic E-state index is 15.5. The Morgan fingerprint density at radius 2 is 1.56 bits per heavy atom. The van der Waals surface area contributed by atoms with Crippen LogP contribution in [0.1, 0.15) is 62.3 Å². The minimum Gasteiger partial charge on any atom is -0.491 e. The van der Waals surface area contributed by atoms with Crippen LogP contribution >= 0.6 is 0 Å². The molecule has 2 aromatic carbocycles. The summed E-state index contributed by atoms with van der Waals surface area (Å²) in [4.78, 5) is 0. The fraction of sp³-hybridized carbons (Fsp3) is 0.520. The third-order valence-electron chi connectivity index (χ3n) is 6.32. The highest BCUT2D eigenvalue weighted by atomic mass is 19.3. The Morgan fingerprint density at radius 3 is 2.15 bits per heavy atom. The van der Waals surface area contributed by atoms with Crippen molar-refractivity contribution in [3.05, 3.63) is 52.6 Å². The first-order valence-electron chi connectivity index (χ1n) is 11.4. The number of unbranched alkanes of at least 4 members (excludes halogenated alkanes) is 1. The van der Waals surface area contributed by atoms with Gasteiger partial charge in [0.1, 0.15) is 5.82 Å². The zero-order chi connectivity index (χ0) is 24.7. The lowest BCUT2D eigenvalue weighted by molar-refractivity contribution is -0.228. The number of halogens is 6. The summed E-state index contributed by atoms with van der Waals surface area (Å²) in [7, 11) is 0. The quantitative estimate of drug-likeness (QED) is 0.303. The van der Waals surface area contributed by atoms with E-state index in [2.05, 4.69) is 0 Å². The van der Waals surface area contributed by atoms with E-state index in [1.54, 1.807) is 0 Å². The number of hydrogen-bond acceptors (Lipinski definition) is 3. The van der Waals surface area contributed by atoms with Gasteiger partial charge in [0, 0.05) is 12.2 Å². The van der Waals surface area contributed by atoms with Gasteiger partial charge in [0.2, 0.25) is 0 Å².